The molecule has 2 aliphatic heterocycles. The Morgan fingerprint density at radius 2 is 1.78 bits per heavy atom. The van der Waals surface area contributed by atoms with E-state index in [1.165, 1.54) is 18.7 Å². The van der Waals surface area contributed by atoms with Crippen molar-refractivity contribution < 1.29 is 0 Å². The largest absolute Gasteiger partial charge is 0.370 e. The van der Waals surface area contributed by atoms with E-state index in [1.54, 1.807) is 0 Å². The van der Waals surface area contributed by atoms with Crippen LogP contribution in [0.1, 0.15) is 47.5 Å². The molecule has 0 bridgehead atoms. The number of hydrogen-bond acceptors (Lipinski definition) is 4. The van der Waals surface area contributed by atoms with Gasteiger partial charge in [-0.05, 0) is 39.9 Å². The third-order valence-corrected chi connectivity index (χ3v) is 5.15. The van der Waals surface area contributed by atoms with Crippen molar-refractivity contribution >= 4 is 19.8 Å². The minimum Gasteiger partial charge on any atom is -0.370 e. The van der Waals surface area contributed by atoms with Crippen LogP contribution in [0.4, 0.5) is 5.82 Å². The normalized spacial score (nSPS) is 23.5. The van der Waals surface area contributed by atoms with Crippen molar-refractivity contribution in [2.45, 2.75) is 72.8 Å². The van der Waals surface area contributed by atoms with Gasteiger partial charge in [0.1, 0.15) is 5.82 Å². The summed E-state index contributed by atoms with van der Waals surface area (Å²) in [5, 5.41) is 4.57. The van der Waals surface area contributed by atoms with Gasteiger partial charge in [-0.2, -0.15) is 5.10 Å². The van der Waals surface area contributed by atoms with Crippen molar-refractivity contribution in [3.63, 3.8) is 0 Å². The first kappa shape index (κ1) is 18.4. The van der Waals surface area contributed by atoms with Gasteiger partial charge in [-0.25, -0.2) is 4.68 Å². The number of fused-ring (bicyclic) bond motifs is 3. The quantitative estimate of drug-likeness (QED) is 0.784. The summed E-state index contributed by atoms with van der Waals surface area (Å²) in [6.45, 7) is 17.7. The molecule has 1 aromatic heterocycles. The van der Waals surface area contributed by atoms with Gasteiger partial charge < -0.3 is 14.3 Å². The van der Waals surface area contributed by atoms with E-state index in [0.717, 1.165) is 6.54 Å². The van der Waals surface area contributed by atoms with Crippen molar-refractivity contribution in [3.05, 3.63) is 12.3 Å². The van der Waals surface area contributed by atoms with Crippen molar-refractivity contribution in [3.8, 4) is 0 Å². The molecule has 0 N–H and O–H groups in total. The van der Waals surface area contributed by atoms with E-state index in [4.69, 9.17) is 0 Å². The third kappa shape index (κ3) is 2.82. The zero-order chi connectivity index (χ0) is 17.4. The highest BCUT2D eigenvalue weighted by molar-refractivity contribution is 6.73. The lowest BCUT2D eigenvalue weighted by molar-refractivity contribution is 0.190. The lowest BCUT2D eigenvalue weighted by Gasteiger charge is -2.53. The second-order valence-electron chi connectivity index (χ2n) is 7.41. The summed E-state index contributed by atoms with van der Waals surface area (Å²) in [5.74, 6) is 1.24. The second-order valence-corrected chi connectivity index (χ2v) is 7.41. The highest BCUT2D eigenvalue weighted by Gasteiger charge is 2.56. The Bertz CT molecular complexity index is 518. The molecule has 5 nitrogen and oxygen atoms in total. The van der Waals surface area contributed by atoms with E-state index < -0.39 is 0 Å². The van der Waals surface area contributed by atoms with Crippen molar-refractivity contribution in [2.24, 2.45) is 0 Å². The summed E-state index contributed by atoms with van der Waals surface area (Å²) < 4.78 is 4.77. The molecule has 0 amide bonds. The maximum atomic E-state index is 4.57. The number of aromatic nitrogens is 2. The second kappa shape index (κ2) is 6.89. The van der Waals surface area contributed by atoms with E-state index in [1.807, 2.05) is 6.20 Å². The van der Waals surface area contributed by atoms with Crippen LogP contribution in [-0.2, 0) is 5.54 Å². The predicted octanol–water partition coefficient (Wildman–Crippen LogP) is 3.07. The van der Waals surface area contributed by atoms with Gasteiger partial charge in [0, 0.05) is 0 Å². The van der Waals surface area contributed by atoms with Gasteiger partial charge in [-0.15, -0.1) is 0 Å². The van der Waals surface area contributed by atoms with Crippen molar-refractivity contribution in [1.82, 2.24) is 19.3 Å². The molecule has 1 aromatic rings. The first-order valence-corrected chi connectivity index (χ1v) is 9.13. The minimum absolute atomic E-state index is 0.00555. The molecular formula is C16H33B2N5. The molecule has 1 fully saturated rings. The maximum Gasteiger partial charge on any atom is 0.331 e. The molecule has 0 aliphatic carbocycles. The van der Waals surface area contributed by atoms with Crippen LogP contribution in [0.3, 0.4) is 0 Å². The molecule has 1 saturated heterocycles. The fourth-order valence-corrected chi connectivity index (χ4v) is 4.14. The number of nitrogens with zero attached hydrogens (tertiary/aromatic N) is 5. The zero-order valence-corrected chi connectivity index (χ0v) is 16.2. The topological polar surface area (TPSA) is 27.5 Å². The van der Waals surface area contributed by atoms with Crippen LogP contribution in [0.25, 0.3) is 0 Å². The predicted molar refractivity (Wildman–Crippen MR) is 102 cm³/mol. The van der Waals surface area contributed by atoms with Crippen molar-refractivity contribution in [2.75, 3.05) is 18.4 Å². The highest BCUT2D eigenvalue weighted by atomic mass is 15.6. The Balaban J connectivity index is 0.000000595. The highest BCUT2D eigenvalue weighted by Crippen LogP contribution is 2.42. The molecule has 2 aliphatic rings. The van der Waals surface area contributed by atoms with E-state index >= 15 is 0 Å². The molecule has 0 radical (unpaired) electrons. The lowest BCUT2D eigenvalue weighted by atomic mass is 9.56. The summed E-state index contributed by atoms with van der Waals surface area (Å²) in [4.78, 5) is 5.02. The Morgan fingerprint density at radius 3 is 2.35 bits per heavy atom. The SMILES string of the molecule is CCC.CCCN1B(C)N(C)C2N(B1C)c1ccnn1C2(C)C. The molecule has 0 aromatic carbocycles. The van der Waals surface area contributed by atoms with E-state index in [2.05, 4.69) is 85.5 Å². The molecule has 1 atom stereocenters. The molecule has 0 saturated carbocycles. The van der Waals surface area contributed by atoms with E-state index in [9.17, 15) is 0 Å². The number of anilines is 1. The molecule has 23 heavy (non-hydrogen) atoms. The standard InChI is InChI=1S/C13H25B2N5.C3H8/c1-7-10-18-14(4)17(6)12-13(2,3)20-11(8-9-16-20)19(12)15(18)5;1-3-2/h8-9,12H,7,10H2,1-6H3;3H2,1-2H3. The zero-order valence-electron chi connectivity index (χ0n) is 16.2. The van der Waals surface area contributed by atoms with E-state index in [-0.39, 0.29) is 5.54 Å². The van der Waals surface area contributed by atoms with Crippen LogP contribution < -0.4 is 4.81 Å². The van der Waals surface area contributed by atoms with Gasteiger partial charge in [0.15, 0.2) is 0 Å². The fraction of sp³-hybridized carbons (Fsp3) is 0.812. The fourth-order valence-electron chi connectivity index (χ4n) is 4.14. The van der Waals surface area contributed by atoms with Crippen LogP contribution in [-0.4, -0.2) is 53.0 Å². The number of rotatable bonds is 2. The molecule has 128 valence electrons. The average molecular weight is 317 g/mol. The summed E-state index contributed by atoms with van der Waals surface area (Å²) in [6.07, 6.45) is 4.72. The monoisotopic (exact) mass is 317 g/mol. The van der Waals surface area contributed by atoms with Gasteiger partial charge in [0.25, 0.3) is 6.98 Å². The number of likely N-dealkylation sites (N-methyl/N-ethyl adjacent to an activating group) is 1. The third-order valence-electron chi connectivity index (χ3n) is 5.15. The number of hydrogen-bond donors (Lipinski definition) is 0. The summed E-state index contributed by atoms with van der Waals surface area (Å²) >= 11 is 0. The molecule has 7 heteroatoms. The molecule has 1 unspecified atom stereocenters. The Morgan fingerprint density at radius 1 is 1.17 bits per heavy atom. The summed E-state index contributed by atoms with van der Waals surface area (Å²) in [5.41, 5.74) is -0.00555. The van der Waals surface area contributed by atoms with Crippen LogP contribution in [0.5, 0.6) is 0 Å². The van der Waals surface area contributed by atoms with Crippen LogP contribution in [0, 0.1) is 0 Å². The summed E-state index contributed by atoms with van der Waals surface area (Å²) in [6, 6.07) is 2.15. The molecule has 3 heterocycles. The van der Waals surface area contributed by atoms with Crippen LogP contribution >= 0.6 is 0 Å². The smallest absolute Gasteiger partial charge is 0.331 e. The van der Waals surface area contributed by atoms with Crippen LogP contribution in [0.15, 0.2) is 12.3 Å². The van der Waals surface area contributed by atoms with Gasteiger partial charge in [-0.1, -0.05) is 40.8 Å². The maximum absolute atomic E-state index is 4.57. The van der Waals surface area contributed by atoms with Gasteiger partial charge in [-0.3, -0.25) is 0 Å². The Kier molecular flexibility index (Phi) is 5.52. The Hall–Kier alpha value is -0.940. The lowest BCUT2D eigenvalue weighted by Crippen LogP contribution is -2.74. The van der Waals surface area contributed by atoms with Gasteiger partial charge >= 0.3 is 6.98 Å². The van der Waals surface area contributed by atoms with Gasteiger partial charge in [0.05, 0.1) is 17.9 Å². The van der Waals surface area contributed by atoms with Crippen LogP contribution in [0.2, 0.25) is 13.6 Å². The average Bonchev–Trinajstić information content (AvgIpc) is 3.04. The molecule has 3 rings (SSSR count). The molecular weight excluding hydrogens is 284 g/mol. The first-order valence-electron chi connectivity index (χ1n) is 9.13. The van der Waals surface area contributed by atoms with Gasteiger partial charge in [0.2, 0.25) is 0 Å². The summed E-state index contributed by atoms with van der Waals surface area (Å²) in [7, 11) is 2.24. The first-order chi connectivity index (χ1) is 10.8. The molecule has 0 spiro atoms. The van der Waals surface area contributed by atoms with Crippen molar-refractivity contribution in [1.29, 1.82) is 0 Å². The van der Waals surface area contributed by atoms with E-state index in [0.29, 0.717) is 20.1 Å². The Labute approximate surface area is 143 Å². The minimum atomic E-state index is -0.00555.